The van der Waals surface area contributed by atoms with E-state index in [1.165, 1.54) is 24.3 Å². The lowest BCUT2D eigenvalue weighted by Crippen LogP contribution is -2.21. The fourth-order valence-corrected chi connectivity index (χ4v) is 3.45. The molecule has 7 nitrogen and oxygen atoms in total. The lowest BCUT2D eigenvalue weighted by Gasteiger charge is -2.12. The molecule has 0 saturated carbocycles. The average Bonchev–Trinajstić information content (AvgIpc) is 2.68. The van der Waals surface area contributed by atoms with Crippen molar-refractivity contribution in [3.63, 3.8) is 0 Å². The van der Waals surface area contributed by atoms with Gasteiger partial charge >= 0.3 is 0 Å². The molecule has 0 saturated heterocycles. The maximum absolute atomic E-state index is 12.6. The standard InChI is InChI=1S/C19H26FN3O4S/c1-3-11-21-12-14-27-19-9-8-18(15(2)22-19)23-28(24,25)17-6-4-16(5-7-17)26-13-10-20/h4-9,21,23H,3,10-14H2,1-2H3. The van der Waals surface area contributed by atoms with Crippen LogP contribution in [0.25, 0.3) is 0 Å². The summed E-state index contributed by atoms with van der Waals surface area (Å²) in [5.41, 5.74) is 0.875. The first-order valence-electron chi connectivity index (χ1n) is 9.09. The molecule has 28 heavy (non-hydrogen) atoms. The van der Waals surface area contributed by atoms with Crippen LogP contribution in [0.1, 0.15) is 19.0 Å². The Labute approximate surface area is 165 Å². The molecular formula is C19H26FN3O4S. The number of aromatic nitrogens is 1. The highest BCUT2D eigenvalue weighted by atomic mass is 32.2. The highest BCUT2D eigenvalue weighted by molar-refractivity contribution is 7.92. The molecule has 0 fully saturated rings. The molecule has 1 aromatic carbocycles. The summed E-state index contributed by atoms with van der Waals surface area (Å²) in [5, 5.41) is 3.22. The smallest absolute Gasteiger partial charge is 0.261 e. The molecule has 0 aliphatic heterocycles. The van der Waals surface area contributed by atoms with Gasteiger partial charge in [0.15, 0.2) is 0 Å². The molecule has 0 aliphatic rings. The van der Waals surface area contributed by atoms with Gasteiger partial charge in [-0.15, -0.1) is 0 Å². The van der Waals surface area contributed by atoms with Crippen molar-refractivity contribution >= 4 is 15.7 Å². The normalized spacial score (nSPS) is 11.2. The second-order valence-electron chi connectivity index (χ2n) is 6.00. The number of aryl methyl sites for hydroxylation is 1. The van der Waals surface area contributed by atoms with Gasteiger partial charge in [0, 0.05) is 12.6 Å². The van der Waals surface area contributed by atoms with Crippen molar-refractivity contribution in [3.05, 3.63) is 42.1 Å². The first kappa shape index (κ1) is 21.9. The predicted octanol–water partition coefficient (Wildman–Crippen LogP) is 2.92. The van der Waals surface area contributed by atoms with E-state index in [1.807, 2.05) is 0 Å². The van der Waals surface area contributed by atoms with Crippen LogP contribution < -0.4 is 19.5 Å². The van der Waals surface area contributed by atoms with Crippen molar-refractivity contribution in [3.8, 4) is 11.6 Å². The summed E-state index contributed by atoms with van der Waals surface area (Å²) in [7, 11) is -3.78. The predicted molar refractivity (Wildman–Crippen MR) is 106 cm³/mol. The Bertz CT molecular complexity index is 845. The van der Waals surface area contributed by atoms with Gasteiger partial charge in [-0.3, -0.25) is 4.72 Å². The molecule has 0 bridgehead atoms. The third-order valence-electron chi connectivity index (χ3n) is 3.74. The molecular weight excluding hydrogens is 385 g/mol. The number of sulfonamides is 1. The van der Waals surface area contributed by atoms with Gasteiger partial charge in [0.2, 0.25) is 5.88 Å². The SMILES string of the molecule is CCCNCCOc1ccc(NS(=O)(=O)c2ccc(OCCF)cc2)c(C)n1. The van der Waals surface area contributed by atoms with Gasteiger partial charge in [0.25, 0.3) is 10.0 Å². The Morgan fingerprint density at radius 2 is 1.79 bits per heavy atom. The van der Waals surface area contributed by atoms with Gasteiger partial charge in [-0.25, -0.2) is 17.8 Å². The minimum atomic E-state index is -3.78. The van der Waals surface area contributed by atoms with Crippen LogP contribution in [0.5, 0.6) is 11.6 Å². The van der Waals surface area contributed by atoms with E-state index in [0.717, 1.165) is 13.0 Å². The lowest BCUT2D eigenvalue weighted by molar-refractivity contribution is 0.273. The summed E-state index contributed by atoms with van der Waals surface area (Å²) in [6, 6.07) is 9.02. The second-order valence-corrected chi connectivity index (χ2v) is 7.68. The number of nitrogens with one attached hydrogen (secondary N) is 2. The molecule has 0 atom stereocenters. The van der Waals surface area contributed by atoms with Crippen LogP contribution in [0.15, 0.2) is 41.3 Å². The van der Waals surface area contributed by atoms with E-state index in [9.17, 15) is 12.8 Å². The zero-order chi connectivity index (χ0) is 20.4. The zero-order valence-corrected chi connectivity index (χ0v) is 16.9. The Hall–Kier alpha value is -2.39. The van der Waals surface area contributed by atoms with Crippen LogP contribution in [-0.2, 0) is 10.0 Å². The van der Waals surface area contributed by atoms with Crippen molar-refractivity contribution < 1.29 is 22.3 Å². The van der Waals surface area contributed by atoms with Crippen molar-refractivity contribution in [1.82, 2.24) is 10.3 Å². The van der Waals surface area contributed by atoms with Crippen molar-refractivity contribution in [2.24, 2.45) is 0 Å². The molecule has 2 N–H and O–H groups in total. The van der Waals surface area contributed by atoms with Gasteiger partial charge in [-0.1, -0.05) is 6.92 Å². The molecule has 1 heterocycles. The molecule has 1 aromatic heterocycles. The number of ether oxygens (including phenoxy) is 2. The molecule has 154 valence electrons. The number of rotatable bonds is 12. The summed E-state index contributed by atoms with van der Waals surface area (Å²) in [6.45, 7) is 5.24. The van der Waals surface area contributed by atoms with Crippen LogP contribution in [-0.4, -0.2) is 46.4 Å². The first-order valence-corrected chi connectivity index (χ1v) is 10.6. The number of benzene rings is 1. The first-order chi connectivity index (χ1) is 13.5. The number of anilines is 1. The third kappa shape index (κ3) is 6.65. The quantitative estimate of drug-likeness (QED) is 0.522. The number of hydrogen-bond donors (Lipinski definition) is 2. The Balaban J connectivity index is 1.99. The number of nitrogens with zero attached hydrogens (tertiary/aromatic N) is 1. The van der Waals surface area contributed by atoms with E-state index in [1.54, 1.807) is 19.1 Å². The Kier molecular flexibility index (Phi) is 8.46. The lowest BCUT2D eigenvalue weighted by atomic mass is 10.3. The van der Waals surface area contributed by atoms with E-state index in [0.29, 0.717) is 36.2 Å². The number of hydrogen-bond acceptors (Lipinski definition) is 6. The van der Waals surface area contributed by atoms with E-state index >= 15 is 0 Å². The number of alkyl halides is 1. The second kappa shape index (κ2) is 10.8. The van der Waals surface area contributed by atoms with Crippen molar-refractivity contribution in [2.45, 2.75) is 25.2 Å². The average molecular weight is 411 g/mol. The van der Waals surface area contributed by atoms with Gasteiger partial charge in [0.1, 0.15) is 25.6 Å². The summed E-state index contributed by atoms with van der Waals surface area (Å²) in [4.78, 5) is 4.36. The topological polar surface area (TPSA) is 89.6 Å². The number of pyridine rings is 1. The third-order valence-corrected chi connectivity index (χ3v) is 5.12. The summed E-state index contributed by atoms with van der Waals surface area (Å²) >= 11 is 0. The fraction of sp³-hybridized carbons (Fsp3) is 0.421. The van der Waals surface area contributed by atoms with E-state index in [2.05, 4.69) is 21.9 Å². The summed E-state index contributed by atoms with van der Waals surface area (Å²) in [6.07, 6.45) is 1.06. The monoisotopic (exact) mass is 411 g/mol. The number of halogens is 1. The van der Waals surface area contributed by atoms with Gasteiger partial charge < -0.3 is 14.8 Å². The molecule has 0 spiro atoms. The maximum Gasteiger partial charge on any atom is 0.261 e. The highest BCUT2D eigenvalue weighted by Gasteiger charge is 2.16. The summed E-state index contributed by atoms with van der Waals surface area (Å²) in [5.74, 6) is 0.845. The molecule has 2 rings (SSSR count). The van der Waals surface area contributed by atoms with Crippen molar-refractivity contribution in [2.75, 3.05) is 37.7 Å². The molecule has 0 amide bonds. The van der Waals surface area contributed by atoms with E-state index in [4.69, 9.17) is 9.47 Å². The Morgan fingerprint density at radius 1 is 1.04 bits per heavy atom. The largest absolute Gasteiger partial charge is 0.491 e. The van der Waals surface area contributed by atoms with E-state index < -0.39 is 16.7 Å². The maximum atomic E-state index is 12.6. The molecule has 0 unspecified atom stereocenters. The van der Waals surface area contributed by atoms with Gasteiger partial charge in [0.05, 0.1) is 16.3 Å². The van der Waals surface area contributed by atoms with Crippen LogP contribution >= 0.6 is 0 Å². The van der Waals surface area contributed by atoms with Crippen LogP contribution in [0, 0.1) is 6.92 Å². The van der Waals surface area contributed by atoms with Gasteiger partial charge in [-0.05, 0) is 50.2 Å². The minimum Gasteiger partial charge on any atom is -0.491 e. The van der Waals surface area contributed by atoms with Crippen LogP contribution in [0.2, 0.25) is 0 Å². The van der Waals surface area contributed by atoms with Crippen LogP contribution in [0.4, 0.5) is 10.1 Å². The van der Waals surface area contributed by atoms with E-state index in [-0.39, 0.29) is 11.5 Å². The fourth-order valence-electron chi connectivity index (χ4n) is 2.33. The van der Waals surface area contributed by atoms with Crippen molar-refractivity contribution in [1.29, 1.82) is 0 Å². The Morgan fingerprint density at radius 3 is 2.43 bits per heavy atom. The molecule has 9 heteroatoms. The summed E-state index contributed by atoms with van der Waals surface area (Å²) < 4.78 is 50.4. The van der Waals surface area contributed by atoms with Crippen LogP contribution in [0.3, 0.4) is 0 Å². The van der Waals surface area contributed by atoms with Gasteiger partial charge in [-0.2, -0.15) is 0 Å². The minimum absolute atomic E-state index is 0.0711. The molecule has 2 aromatic rings. The molecule has 0 aliphatic carbocycles. The molecule has 0 radical (unpaired) electrons. The zero-order valence-electron chi connectivity index (χ0n) is 16.1. The highest BCUT2D eigenvalue weighted by Crippen LogP contribution is 2.22.